The second-order valence-electron chi connectivity index (χ2n) is 4.38. The van der Waals surface area contributed by atoms with E-state index >= 15 is 0 Å². The van der Waals surface area contributed by atoms with E-state index in [-0.39, 0.29) is 16.1 Å². The van der Waals surface area contributed by atoms with E-state index in [4.69, 9.17) is 4.42 Å². The molecule has 0 spiro atoms. The molecule has 0 aromatic carbocycles. The molecule has 0 N–H and O–H groups in total. The highest BCUT2D eigenvalue weighted by Crippen LogP contribution is 2.35. The zero-order valence-corrected chi connectivity index (χ0v) is 13.0. The number of nitro groups is 1. The van der Waals surface area contributed by atoms with Crippen LogP contribution in [0.1, 0.15) is 0 Å². The van der Waals surface area contributed by atoms with Gasteiger partial charge in [0.25, 0.3) is 11.1 Å². The number of hydrogen-bond acceptors (Lipinski definition) is 8. The quantitative estimate of drug-likeness (QED) is 0.412. The largest absolute Gasteiger partial charge is 0.410 e. The maximum atomic E-state index is 11.3. The van der Waals surface area contributed by atoms with Crippen LogP contribution in [0.15, 0.2) is 56.6 Å². The molecule has 0 amide bonds. The summed E-state index contributed by atoms with van der Waals surface area (Å²) < 4.78 is 6.96. The van der Waals surface area contributed by atoms with E-state index in [1.54, 1.807) is 24.4 Å². The monoisotopic (exact) mass is 345 g/mol. The van der Waals surface area contributed by atoms with Crippen LogP contribution in [0.5, 0.6) is 0 Å². The molecule has 4 heterocycles. The predicted molar refractivity (Wildman–Crippen MR) is 83.6 cm³/mol. The Morgan fingerprint density at radius 3 is 2.96 bits per heavy atom. The zero-order chi connectivity index (χ0) is 15.8. The van der Waals surface area contributed by atoms with Crippen molar-refractivity contribution in [3.8, 4) is 10.8 Å². The fourth-order valence-electron chi connectivity index (χ4n) is 2.03. The van der Waals surface area contributed by atoms with Crippen molar-refractivity contribution in [1.29, 1.82) is 0 Å². The highest BCUT2D eigenvalue weighted by Gasteiger charge is 2.25. The van der Waals surface area contributed by atoms with Gasteiger partial charge >= 0.3 is 5.82 Å². The number of fused-ring (bicyclic) bond motifs is 1. The predicted octanol–water partition coefficient (Wildman–Crippen LogP) is 3.51. The molecule has 0 radical (unpaired) electrons. The van der Waals surface area contributed by atoms with Gasteiger partial charge in [-0.1, -0.05) is 12.1 Å². The van der Waals surface area contributed by atoms with Crippen LogP contribution in [0.4, 0.5) is 5.82 Å². The van der Waals surface area contributed by atoms with Crippen LogP contribution in [0.25, 0.3) is 16.4 Å². The number of rotatable bonds is 4. The highest BCUT2D eigenvalue weighted by molar-refractivity contribution is 7.99. The maximum absolute atomic E-state index is 11.3. The smallest absolute Gasteiger partial charge is 0.362 e. The fourth-order valence-corrected chi connectivity index (χ4v) is 3.44. The molecule has 0 atom stereocenters. The number of pyridine rings is 1. The molecule has 4 rings (SSSR count). The SMILES string of the molecule is O=[N+]([O-])c1c(Sc2nnc(-c3cccs3)o2)nc2ccccn12. The number of thiophene rings is 1. The van der Waals surface area contributed by atoms with Crippen molar-refractivity contribution >= 4 is 34.6 Å². The molecule has 0 fully saturated rings. The minimum atomic E-state index is -0.473. The Balaban J connectivity index is 1.73. The molecule has 0 aliphatic carbocycles. The molecule has 0 saturated carbocycles. The van der Waals surface area contributed by atoms with Crippen molar-refractivity contribution in [3.05, 3.63) is 52.0 Å². The van der Waals surface area contributed by atoms with Gasteiger partial charge in [-0.3, -0.25) is 0 Å². The van der Waals surface area contributed by atoms with Crippen LogP contribution in [0.3, 0.4) is 0 Å². The van der Waals surface area contributed by atoms with E-state index in [0.717, 1.165) is 16.6 Å². The molecule has 0 aliphatic heterocycles. The summed E-state index contributed by atoms with van der Waals surface area (Å²) in [5.41, 5.74) is 0.486. The molecule has 10 heteroatoms. The zero-order valence-electron chi connectivity index (χ0n) is 11.3. The van der Waals surface area contributed by atoms with E-state index in [1.807, 2.05) is 17.5 Å². The third-order valence-corrected chi connectivity index (χ3v) is 4.63. The first-order chi connectivity index (χ1) is 11.2. The lowest BCUT2D eigenvalue weighted by molar-refractivity contribution is -0.393. The topological polar surface area (TPSA) is 99.4 Å². The first kappa shape index (κ1) is 13.9. The molecule has 23 heavy (non-hydrogen) atoms. The minimum absolute atomic E-state index is 0.124. The van der Waals surface area contributed by atoms with E-state index in [9.17, 15) is 10.1 Å². The molecule has 4 aromatic rings. The van der Waals surface area contributed by atoms with E-state index in [2.05, 4.69) is 15.2 Å². The molecule has 8 nitrogen and oxygen atoms in total. The number of imidazole rings is 1. The molecular weight excluding hydrogens is 338 g/mol. The summed E-state index contributed by atoms with van der Waals surface area (Å²) in [7, 11) is 0. The van der Waals surface area contributed by atoms with Crippen molar-refractivity contribution in [2.75, 3.05) is 0 Å². The van der Waals surface area contributed by atoms with Gasteiger partial charge in [0.15, 0.2) is 0 Å². The number of hydrogen-bond donors (Lipinski definition) is 0. The Bertz CT molecular complexity index is 992. The lowest BCUT2D eigenvalue weighted by Gasteiger charge is -1.95. The Labute approximate surface area is 137 Å². The lowest BCUT2D eigenvalue weighted by Crippen LogP contribution is -1.94. The van der Waals surface area contributed by atoms with Gasteiger partial charge in [-0.05, 0) is 34.2 Å². The van der Waals surface area contributed by atoms with Gasteiger partial charge in [-0.25, -0.2) is 0 Å². The third kappa shape index (κ3) is 2.47. The van der Waals surface area contributed by atoms with Crippen LogP contribution >= 0.6 is 23.1 Å². The summed E-state index contributed by atoms with van der Waals surface area (Å²) in [6.45, 7) is 0. The van der Waals surface area contributed by atoms with Crippen molar-refractivity contribution < 1.29 is 9.34 Å². The van der Waals surface area contributed by atoms with Gasteiger partial charge in [-0.2, -0.15) is 9.38 Å². The second kappa shape index (κ2) is 5.48. The van der Waals surface area contributed by atoms with Crippen molar-refractivity contribution in [1.82, 2.24) is 19.6 Å². The van der Waals surface area contributed by atoms with E-state index < -0.39 is 4.92 Å². The van der Waals surface area contributed by atoms with Crippen LogP contribution in [0, 0.1) is 10.1 Å². The van der Waals surface area contributed by atoms with Gasteiger partial charge in [0.1, 0.15) is 0 Å². The van der Waals surface area contributed by atoms with Crippen molar-refractivity contribution in [2.24, 2.45) is 0 Å². The van der Waals surface area contributed by atoms with Gasteiger partial charge < -0.3 is 14.5 Å². The van der Waals surface area contributed by atoms with Crippen molar-refractivity contribution in [2.45, 2.75) is 10.2 Å². The van der Waals surface area contributed by atoms with Gasteiger partial charge in [0.2, 0.25) is 10.7 Å². The van der Waals surface area contributed by atoms with Crippen LogP contribution in [-0.2, 0) is 0 Å². The Hall–Kier alpha value is -2.72. The number of aromatic nitrogens is 4. The standard InChI is InChI=1S/C13H7N5O3S2/c19-18(20)12-11(14-9-5-1-2-6-17(9)12)23-13-16-15-10(21-13)8-4-3-7-22-8/h1-7H. The summed E-state index contributed by atoms with van der Waals surface area (Å²) in [5, 5.41) is 21.5. The van der Waals surface area contributed by atoms with E-state index in [0.29, 0.717) is 11.5 Å². The maximum Gasteiger partial charge on any atom is 0.362 e. The average Bonchev–Trinajstić information content (AvgIpc) is 3.26. The third-order valence-electron chi connectivity index (χ3n) is 2.97. The first-order valence-corrected chi connectivity index (χ1v) is 8.09. The minimum Gasteiger partial charge on any atom is -0.410 e. The van der Waals surface area contributed by atoms with Gasteiger partial charge in [-0.15, -0.1) is 21.5 Å². The van der Waals surface area contributed by atoms with Gasteiger partial charge in [0, 0.05) is 6.07 Å². The summed E-state index contributed by atoms with van der Waals surface area (Å²) in [6, 6.07) is 8.91. The molecular formula is C13H7N5O3S2. The molecule has 4 aromatic heterocycles. The highest BCUT2D eigenvalue weighted by atomic mass is 32.2. The molecule has 0 aliphatic rings. The summed E-state index contributed by atoms with van der Waals surface area (Å²) in [6.07, 6.45) is 1.59. The average molecular weight is 345 g/mol. The summed E-state index contributed by atoms with van der Waals surface area (Å²) in [4.78, 5) is 16.0. The number of nitrogens with zero attached hydrogens (tertiary/aromatic N) is 5. The normalized spacial score (nSPS) is 11.1. The second-order valence-corrected chi connectivity index (χ2v) is 6.27. The lowest BCUT2D eigenvalue weighted by atomic mass is 10.5. The first-order valence-electron chi connectivity index (χ1n) is 6.39. The summed E-state index contributed by atoms with van der Waals surface area (Å²) >= 11 is 2.45. The molecule has 0 bridgehead atoms. The van der Waals surface area contributed by atoms with Crippen LogP contribution in [0.2, 0.25) is 0 Å². The molecule has 0 unspecified atom stereocenters. The fraction of sp³-hybridized carbons (Fsp3) is 0. The van der Waals surface area contributed by atoms with Crippen LogP contribution < -0.4 is 0 Å². The molecule has 0 saturated heterocycles. The Kier molecular flexibility index (Phi) is 3.32. The molecule has 114 valence electrons. The van der Waals surface area contributed by atoms with Gasteiger partial charge in [0.05, 0.1) is 11.1 Å². The Morgan fingerprint density at radius 2 is 2.17 bits per heavy atom. The van der Waals surface area contributed by atoms with E-state index in [1.165, 1.54) is 15.7 Å². The van der Waals surface area contributed by atoms with Crippen molar-refractivity contribution in [3.63, 3.8) is 0 Å². The summed E-state index contributed by atoms with van der Waals surface area (Å²) in [5.74, 6) is 0.260. The Morgan fingerprint density at radius 1 is 1.26 bits per heavy atom. The van der Waals surface area contributed by atoms with Crippen LogP contribution in [-0.4, -0.2) is 24.5 Å².